The molecule has 0 bridgehead atoms. The molecule has 1 N–H and O–H groups in total. The Bertz CT molecular complexity index is 664. The van der Waals surface area contributed by atoms with Crippen LogP contribution in [0.25, 0.3) is 11.1 Å². The minimum atomic E-state index is -0.747. The molecule has 22 heavy (non-hydrogen) atoms. The van der Waals surface area contributed by atoms with Gasteiger partial charge in [0.1, 0.15) is 5.75 Å². The van der Waals surface area contributed by atoms with Crippen LogP contribution in [0.15, 0.2) is 48.5 Å². The van der Waals surface area contributed by atoms with Crippen LogP contribution >= 0.6 is 0 Å². The van der Waals surface area contributed by atoms with Crippen molar-refractivity contribution in [3.05, 3.63) is 54.1 Å². The molecule has 0 saturated heterocycles. The third-order valence-electron chi connectivity index (χ3n) is 4.43. The van der Waals surface area contributed by atoms with Crippen molar-refractivity contribution in [2.24, 2.45) is 5.92 Å². The van der Waals surface area contributed by atoms with Gasteiger partial charge in [0.25, 0.3) is 0 Å². The Morgan fingerprint density at radius 2 is 1.95 bits per heavy atom. The van der Waals surface area contributed by atoms with Crippen LogP contribution in [-0.4, -0.2) is 17.7 Å². The first kappa shape index (κ1) is 14.6. The average molecular weight is 296 g/mol. The fourth-order valence-corrected chi connectivity index (χ4v) is 3.11. The monoisotopic (exact) mass is 296 g/mol. The molecule has 0 spiro atoms. The van der Waals surface area contributed by atoms with Crippen LogP contribution in [0.4, 0.5) is 0 Å². The molecular weight excluding hydrogens is 276 g/mol. The molecule has 0 aliphatic carbocycles. The number of carboxylic acids is 1. The molecule has 1 heterocycles. The van der Waals surface area contributed by atoms with Crippen LogP contribution in [0.3, 0.4) is 0 Å². The van der Waals surface area contributed by atoms with Gasteiger partial charge in [0, 0.05) is 5.92 Å². The molecule has 1 aliphatic heterocycles. The van der Waals surface area contributed by atoms with Crippen molar-refractivity contribution in [3.63, 3.8) is 0 Å². The molecule has 0 radical (unpaired) electrons. The second-order valence-electron chi connectivity index (χ2n) is 5.84. The van der Waals surface area contributed by atoms with Gasteiger partial charge in [0.15, 0.2) is 0 Å². The summed E-state index contributed by atoms with van der Waals surface area (Å²) in [7, 11) is 0. The third-order valence-corrected chi connectivity index (χ3v) is 4.43. The Labute approximate surface area is 130 Å². The molecule has 0 fully saturated rings. The second kappa shape index (κ2) is 6.22. The van der Waals surface area contributed by atoms with Crippen molar-refractivity contribution in [2.75, 3.05) is 6.61 Å². The molecule has 0 amide bonds. The first-order valence-electron chi connectivity index (χ1n) is 7.72. The highest BCUT2D eigenvalue weighted by Gasteiger charge is 2.29. The number of carbonyl (C=O) groups is 1. The van der Waals surface area contributed by atoms with Crippen molar-refractivity contribution >= 4 is 5.97 Å². The summed E-state index contributed by atoms with van der Waals surface area (Å²) in [6, 6.07) is 16.3. The Morgan fingerprint density at radius 1 is 1.18 bits per heavy atom. The predicted octanol–water partition coefficient (Wildman–Crippen LogP) is 4.33. The predicted molar refractivity (Wildman–Crippen MR) is 86.1 cm³/mol. The molecule has 3 rings (SSSR count). The number of hydrogen-bond donors (Lipinski definition) is 1. The summed E-state index contributed by atoms with van der Waals surface area (Å²) in [5.41, 5.74) is 3.26. The highest BCUT2D eigenvalue weighted by molar-refractivity contribution is 5.72. The maximum atomic E-state index is 11.4. The van der Waals surface area contributed by atoms with Gasteiger partial charge in [-0.15, -0.1) is 0 Å². The van der Waals surface area contributed by atoms with Gasteiger partial charge in [-0.3, -0.25) is 4.79 Å². The summed E-state index contributed by atoms with van der Waals surface area (Å²) in [6.45, 7) is 2.44. The van der Waals surface area contributed by atoms with Crippen LogP contribution in [0.2, 0.25) is 0 Å². The van der Waals surface area contributed by atoms with Gasteiger partial charge in [-0.25, -0.2) is 0 Å². The molecule has 2 aromatic rings. The van der Waals surface area contributed by atoms with Crippen molar-refractivity contribution in [1.82, 2.24) is 0 Å². The first-order valence-corrected chi connectivity index (χ1v) is 7.72. The Morgan fingerprint density at radius 3 is 2.68 bits per heavy atom. The fourth-order valence-electron chi connectivity index (χ4n) is 3.11. The highest BCUT2D eigenvalue weighted by atomic mass is 16.5. The van der Waals surface area contributed by atoms with E-state index in [1.165, 1.54) is 0 Å². The molecule has 2 aromatic carbocycles. The van der Waals surface area contributed by atoms with Gasteiger partial charge in [0.05, 0.1) is 12.5 Å². The van der Waals surface area contributed by atoms with E-state index in [1.807, 2.05) is 30.3 Å². The average Bonchev–Trinajstić information content (AvgIpc) is 2.76. The standard InChI is InChI=1S/C19H20O3/c1-13(19(20)21)16-8-5-11-22-18-10-9-15(12-17(16)18)14-6-3-2-4-7-14/h2-4,6-7,9-10,12-13,16H,5,8,11H2,1H3,(H,20,21). The van der Waals surface area contributed by atoms with E-state index < -0.39 is 11.9 Å². The van der Waals surface area contributed by atoms with Crippen LogP contribution in [0, 0.1) is 5.92 Å². The van der Waals surface area contributed by atoms with Gasteiger partial charge >= 0.3 is 5.97 Å². The lowest BCUT2D eigenvalue weighted by atomic mass is 9.82. The van der Waals surface area contributed by atoms with Crippen molar-refractivity contribution < 1.29 is 14.6 Å². The number of ether oxygens (including phenoxy) is 1. The van der Waals surface area contributed by atoms with Crippen molar-refractivity contribution in [1.29, 1.82) is 0 Å². The van der Waals surface area contributed by atoms with E-state index in [4.69, 9.17) is 4.74 Å². The normalized spacial score (nSPS) is 18.7. The smallest absolute Gasteiger partial charge is 0.306 e. The largest absolute Gasteiger partial charge is 0.493 e. The molecule has 1 aliphatic rings. The number of hydrogen-bond acceptors (Lipinski definition) is 2. The summed E-state index contributed by atoms with van der Waals surface area (Å²) in [4.78, 5) is 11.4. The van der Waals surface area contributed by atoms with Gasteiger partial charge in [-0.2, -0.15) is 0 Å². The lowest BCUT2D eigenvalue weighted by molar-refractivity contribution is -0.141. The lowest BCUT2D eigenvalue weighted by Gasteiger charge is -2.21. The van der Waals surface area contributed by atoms with Gasteiger partial charge in [-0.05, 0) is 41.7 Å². The summed E-state index contributed by atoms with van der Waals surface area (Å²) >= 11 is 0. The molecule has 2 unspecified atom stereocenters. The highest BCUT2D eigenvalue weighted by Crippen LogP contribution is 2.40. The summed E-state index contributed by atoms with van der Waals surface area (Å²) in [6.07, 6.45) is 1.73. The van der Waals surface area contributed by atoms with Crippen LogP contribution < -0.4 is 4.74 Å². The van der Waals surface area contributed by atoms with Crippen LogP contribution in [0.1, 0.15) is 31.2 Å². The molecular formula is C19H20O3. The number of carboxylic acid groups (broad SMARTS) is 1. The quantitative estimate of drug-likeness (QED) is 0.917. The van der Waals surface area contributed by atoms with E-state index in [0.717, 1.165) is 35.3 Å². The number of benzene rings is 2. The van der Waals surface area contributed by atoms with Crippen molar-refractivity contribution in [3.8, 4) is 16.9 Å². The molecule has 0 aromatic heterocycles. The zero-order valence-electron chi connectivity index (χ0n) is 12.7. The minimum Gasteiger partial charge on any atom is -0.493 e. The number of aliphatic carboxylic acids is 1. The van der Waals surface area contributed by atoms with E-state index in [2.05, 4.69) is 18.2 Å². The zero-order valence-corrected chi connectivity index (χ0v) is 12.7. The van der Waals surface area contributed by atoms with Gasteiger partial charge in [-0.1, -0.05) is 43.3 Å². The number of fused-ring (bicyclic) bond motifs is 1. The summed E-state index contributed by atoms with van der Waals surface area (Å²) in [5.74, 6) is -0.330. The molecule has 0 saturated carbocycles. The Hall–Kier alpha value is -2.29. The summed E-state index contributed by atoms with van der Waals surface area (Å²) in [5, 5.41) is 9.40. The molecule has 114 valence electrons. The van der Waals surface area contributed by atoms with E-state index in [9.17, 15) is 9.90 Å². The SMILES string of the molecule is CC(C(=O)O)C1CCCOc2ccc(-c3ccccc3)cc21. The van der Waals surface area contributed by atoms with Crippen LogP contribution in [-0.2, 0) is 4.79 Å². The topological polar surface area (TPSA) is 46.5 Å². The maximum absolute atomic E-state index is 11.4. The van der Waals surface area contributed by atoms with E-state index in [0.29, 0.717) is 6.61 Å². The molecule has 3 heteroatoms. The first-order chi connectivity index (χ1) is 10.7. The minimum absolute atomic E-state index is 0.00124. The van der Waals surface area contributed by atoms with Gasteiger partial charge in [0.2, 0.25) is 0 Å². The Balaban J connectivity index is 2.05. The number of rotatable bonds is 3. The van der Waals surface area contributed by atoms with Gasteiger partial charge < -0.3 is 9.84 Å². The van der Waals surface area contributed by atoms with E-state index in [-0.39, 0.29) is 5.92 Å². The maximum Gasteiger partial charge on any atom is 0.306 e. The van der Waals surface area contributed by atoms with Crippen LogP contribution in [0.5, 0.6) is 5.75 Å². The Kier molecular flexibility index (Phi) is 4.14. The second-order valence-corrected chi connectivity index (χ2v) is 5.84. The molecule has 3 nitrogen and oxygen atoms in total. The van der Waals surface area contributed by atoms with Crippen molar-refractivity contribution in [2.45, 2.75) is 25.7 Å². The summed E-state index contributed by atoms with van der Waals surface area (Å²) < 4.78 is 5.81. The lowest BCUT2D eigenvalue weighted by Crippen LogP contribution is -2.18. The zero-order chi connectivity index (χ0) is 15.5. The molecule has 2 atom stereocenters. The third kappa shape index (κ3) is 2.84. The van der Waals surface area contributed by atoms with E-state index >= 15 is 0 Å². The van der Waals surface area contributed by atoms with E-state index in [1.54, 1.807) is 6.92 Å². The fraction of sp³-hybridized carbons (Fsp3) is 0.316.